The lowest BCUT2D eigenvalue weighted by atomic mass is 10.1. The number of benzene rings is 2. The number of fused-ring (bicyclic) bond motifs is 2. The summed E-state index contributed by atoms with van der Waals surface area (Å²) in [7, 11) is 0. The minimum Gasteiger partial charge on any atom is -0.480 e. The van der Waals surface area contributed by atoms with Crippen LogP contribution in [-0.2, 0) is 9.59 Å². The van der Waals surface area contributed by atoms with Gasteiger partial charge < -0.3 is 16.0 Å². The lowest BCUT2D eigenvalue weighted by Gasteiger charge is -2.12. The Labute approximate surface area is 142 Å². The van der Waals surface area contributed by atoms with Crippen LogP contribution in [0.3, 0.4) is 0 Å². The van der Waals surface area contributed by atoms with Gasteiger partial charge in [0.25, 0.3) is 0 Å². The fourth-order valence-corrected chi connectivity index (χ4v) is 2.81. The standard InChI is InChI=1S/C18H17N3O4/c19-16(22)10-9-13(18(23)24)20-17-11-5-1-3-7-14(11)21(25)15-8-4-2-6-12(15)17/h1-8,13,25H,9-10H2,(H2,19,22)(H,23,24). The van der Waals surface area contributed by atoms with Gasteiger partial charge in [0, 0.05) is 17.2 Å². The maximum absolute atomic E-state index is 11.6. The minimum absolute atomic E-state index is 0.0152. The number of nitrogens with zero attached hydrogens (tertiary/aromatic N) is 2. The molecule has 0 aliphatic carbocycles. The summed E-state index contributed by atoms with van der Waals surface area (Å²) in [5, 5.41) is 21.6. The van der Waals surface area contributed by atoms with Crippen LogP contribution in [0.15, 0.2) is 53.5 Å². The molecule has 0 aliphatic rings. The van der Waals surface area contributed by atoms with E-state index in [-0.39, 0.29) is 12.8 Å². The van der Waals surface area contributed by atoms with Gasteiger partial charge in [0.15, 0.2) is 0 Å². The number of aromatic nitrogens is 1. The first-order valence-corrected chi connectivity index (χ1v) is 7.75. The lowest BCUT2D eigenvalue weighted by molar-refractivity contribution is -0.138. The molecular weight excluding hydrogens is 322 g/mol. The molecule has 128 valence electrons. The van der Waals surface area contributed by atoms with Gasteiger partial charge in [-0.05, 0) is 18.6 Å². The Bertz CT molecular complexity index is 979. The summed E-state index contributed by atoms with van der Waals surface area (Å²) in [6.07, 6.45) is -0.0511. The number of amides is 1. The van der Waals surface area contributed by atoms with Crippen LogP contribution in [0, 0.1) is 0 Å². The highest BCUT2D eigenvalue weighted by atomic mass is 16.5. The Morgan fingerprint density at radius 2 is 1.56 bits per heavy atom. The number of hydrogen-bond acceptors (Lipinski definition) is 4. The fourth-order valence-electron chi connectivity index (χ4n) is 2.81. The van der Waals surface area contributed by atoms with E-state index in [1.165, 1.54) is 0 Å². The molecule has 3 aromatic rings. The van der Waals surface area contributed by atoms with Crippen molar-refractivity contribution in [3.8, 4) is 0 Å². The van der Waals surface area contributed by atoms with E-state index in [0.717, 1.165) is 4.73 Å². The second kappa shape index (κ2) is 6.64. The molecule has 1 amide bonds. The van der Waals surface area contributed by atoms with Crippen LogP contribution in [0.5, 0.6) is 0 Å². The van der Waals surface area contributed by atoms with Crippen LogP contribution in [-0.4, -0.2) is 33.0 Å². The van der Waals surface area contributed by atoms with E-state index < -0.39 is 17.9 Å². The van der Waals surface area contributed by atoms with Gasteiger partial charge in [-0.3, -0.25) is 9.79 Å². The van der Waals surface area contributed by atoms with Crippen molar-refractivity contribution in [2.45, 2.75) is 18.9 Å². The average Bonchev–Trinajstić information content (AvgIpc) is 2.60. The molecule has 7 heteroatoms. The number of primary amides is 1. The van der Waals surface area contributed by atoms with Crippen molar-refractivity contribution in [2.24, 2.45) is 10.7 Å². The summed E-state index contributed by atoms with van der Waals surface area (Å²) in [6, 6.07) is 13.0. The lowest BCUT2D eigenvalue weighted by Crippen LogP contribution is -2.25. The number of rotatable bonds is 5. The summed E-state index contributed by atoms with van der Waals surface area (Å²) in [5.74, 6) is -1.70. The van der Waals surface area contributed by atoms with E-state index in [2.05, 4.69) is 4.99 Å². The van der Waals surface area contributed by atoms with E-state index in [1.807, 2.05) is 0 Å². The molecule has 2 aromatic carbocycles. The quantitative estimate of drug-likeness (QED) is 0.484. The van der Waals surface area contributed by atoms with Crippen LogP contribution in [0.25, 0.3) is 21.8 Å². The van der Waals surface area contributed by atoms with Crippen molar-refractivity contribution < 1.29 is 19.9 Å². The third-order valence-corrected chi connectivity index (χ3v) is 4.01. The molecule has 0 saturated heterocycles. The highest BCUT2D eigenvalue weighted by Crippen LogP contribution is 2.18. The number of nitrogens with two attached hydrogens (primary N) is 1. The number of carbonyl (C=O) groups is 2. The van der Waals surface area contributed by atoms with Crippen LogP contribution in [0.4, 0.5) is 0 Å². The van der Waals surface area contributed by atoms with Crippen molar-refractivity contribution in [3.63, 3.8) is 0 Å². The summed E-state index contributed by atoms with van der Waals surface area (Å²) in [5.41, 5.74) is 6.15. The Morgan fingerprint density at radius 3 is 2.04 bits per heavy atom. The van der Waals surface area contributed by atoms with Crippen molar-refractivity contribution in [1.82, 2.24) is 4.73 Å². The third kappa shape index (κ3) is 3.16. The predicted octanol–water partition coefficient (Wildman–Crippen LogP) is 1.65. The average molecular weight is 339 g/mol. The minimum atomic E-state index is -1.13. The monoisotopic (exact) mass is 339 g/mol. The second-order valence-corrected chi connectivity index (χ2v) is 5.68. The molecule has 4 N–H and O–H groups in total. The number of aliphatic carboxylic acids is 1. The molecule has 1 unspecified atom stereocenters. The number of pyridine rings is 1. The second-order valence-electron chi connectivity index (χ2n) is 5.68. The largest absolute Gasteiger partial charge is 0.480 e. The Balaban J connectivity index is 2.33. The summed E-state index contributed by atoms with van der Waals surface area (Å²) in [6.45, 7) is 0. The van der Waals surface area contributed by atoms with Gasteiger partial charge in [0.1, 0.15) is 6.04 Å². The normalized spacial score (nSPS) is 12.2. The van der Waals surface area contributed by atoms with Gasteiger partial charge in [0.05, 0.1) is 16.4 Å². The summed E-state index contributed by atoms with van der Waals surface area (Å²) in [4.78, 5) is 27.0. The zero-order valence-electron chi connectivity index (χ0n) is 13.3. The first kappa shape index (κ1) is 16.5. The number of carbonyl (C=O) groups excluding carboxylic acids is 1. The van der Waals surface area contributed by atoms with Gasteiger partial charge in [-0.2, -0.15) is 4.73 Å². The van der Waals surface area contributed by atoms with Crippen LogP contribution in [0.2, 0.25) is 0 Å². The predicted molar refractivity (Wildman–Crippen MR) is 92.0 cm³/mol. The SMILES string of the molecule is NC(=O)CCC(N=c1c2ccccc2n(O)c2ccccc12)C(=O)O. The number of hydrogen-bond donors (Lipinski definition) is 3. The van der Waals surface area contributed by atoms with E-state index >= 15 is 0 Å². The van der Waals surface area contributed by atoms with Crippen LogP contribution < -0.4 is 11.1 Å². The molecule has 0 spiro atoms. The highest BCUT2D eigenvalue weighted by molar-refractivity contribution is 5.93. The van der Waals surface area contributed by atoms with Crippen molar-refractivity contribution in [2.75, 3.05) is 0 Å². The molecule has 1 atom stereocenters. The zero-order chi connectivity index (χ0) is 18.0. The molecule has 0 radical (unpaired) electrons. The first-order chi connectivity index (χ1) is 12.0. The van der Waals surface area contributed by atoms with Gasteiger partial charge in [-0.1, -0.05) is 36.4 Å². The molecule has 1 aromatic heterocycles. The highest BCUT2D eigenvalue weighted by Gasteiger charge is 2.18. The van der Waals surface area contributed by atoms with Gasteiger partial charge in [-0.25, -0.2) is 4.79 Å². The Morgan fingerprint density at radius 1 is 1.04 bits per heavy atom. The summed E-state index contributed by atoms with van der Waals surface area (Å²) < 4.78 is 1.06. The van der Waals surface area contributed by atoms with Crippen molar-refractivity contribution >= 4 is 33.7 Å². The van der Waals surface area contributed by atoms with E-state index in [4.69, 9.17) is 5.73 Å². The molecule has 0 saturated carbocycles. The maximum atomic E-state index is 11.6. The number of carboxylic acid groups (broad SMARTS) is 1. The van der Waals surface area contributed by atoms with Gasteiger partial charge in [-0.15, -0.1) is 0 Å². The number of para-hydroxylation sites is 2. The fraction of sp³-hybridized carbons (Fsp3) is 0.167. The Hall–Kier alpha value is -3.35. The van der Waals surface area contributed by atoms with Gasteiger partial charge in [0.2, 0.25) is 5.91 Å². The third-order valence-electron chi connectivity index (χ3n) is 4.01. The molecular formula is C18H17N3O4. The van der Waals surface area contributed by atoms with Crippen LogP contribution >= 0.6 is 0 Å². The van der Waals surface area contributed by atoms with E-state index in [9.17, 15) is 19.9 Å². The molecule has 3 rings (SSSR count). The topological polar surface area (TPSA) is 118 Å². The molecule has 1 heterocycles. The molecule has 0 aliphatic heterocycles. The van der Waals surface area contributed by atoms with Gasteiger partial charge >= 0.3 is 5.97 Å². The zero-order valence-corrected chi connectivity index (χ0v) is 13.3. The van der Waals surface area contributed by atoms with Crippen molar-refractivity contribution in [3.05, 3.63) is 53.9 Å². The molecule has 0 fully saturated rings. The molecule has 7 nitrogen and oxygen atoms in total. The van der Waals surface area contributed by atoms with E-state index in [0.29, 0.717) is 27.2 Å². The smallest absolute Gasteiger partial charge is 0.328 e. The van der Waals surface area contributed by atoms with E-state index in [1.54, 1.807) is 48.5 Å². The van der Waals surface area contributed by atoms with Crippen molar-refractivity contribution in [1.29, 1.82) is 0 Å². The van der Waals surface area contributed by atoms with Crippen LogP contribution in [0.1, 0.15) is 12.8 Å². The maximum Gasteiger partial charge on any atom is 0.328 e. The molecule has 25 heavy (non-hydrogen) atoms. The first-order valence-electron chi connectivity index (χ1n) is 7.75. The number of carboxylic acids is 1. The Kier molecular flexibility index (Phi) is 4.38. The summed E-state index contributed by atoms with van der Waals surface area (Å²) >= 11 is 0. The molecule has 0 bridgehead atoms.